The van der Waals surface area contributed by atoms with Crippen molar-refractivity contribution in [2.75, 3.05) is 61.4 Å². The van der Waals surface area contributed by atoms with Crippen LogP contribution in [0.1, 0.15) is 10.4 Å². The lowest BCUT2D eigenvalue weighted by molar-refractivity contribution is 0.102. The van der Waals surface area contributed by atoms with E-state index < -0.39 is 0 Å². The van der Waals surface area contributed by atoms with E-state index in [0.717, 1.165) is 43.2 Å². The first-order valence-electron chi connectivity index (χ1n) is 9.61. The molecule has 0 unspecified atom stereocenters. The van der Waals surface area contributed by atoms with Crippen LogP contribution < -0.4 is 20.4 Å². The zero-order chi connectivity index (χ0) is 19.5. The highest BCUT2D eigenvalue weighted by Gasteiger charge is 2.22. The van der Waals surface area contributed by atoms with E-state index in [1.807, 2.05) is 36.4 Å². The standard InChI is InChI=1S/C21H25N5O2/c1-24-11-13-25(14-12-24)19-8-3-2-7-18(19)23-20(27)16-5-4-6-17(15-16)26-10-9-22-21(26)28/h2-8,15H,9-14H2,1H3,(H,22,28)(H,23,27). The smallest absolute Gasteiger partial charge is 0.321 e. The molecule has 0 aliphatic carbocycles. The molecule has 7 nitrogen and oxygen atoms in total. The highest BCUT2D eigenvalue weighted by Crippen LogP contribution is 2.27. The van der Waals surface area contributed by atoms with Crippen molar-refractivity contribution in [1.82, 2.24) is 10.2 Å². The molecule has 2 aliphatic rings. The molecule has 4 rings (SSSR count). The van der Waals surface area contributed by atoms with Gasteiger partial charge in [0.15, 0.2) is 0 Å². The summed E-state index contributed by atoms with van der Waals surface area (Å²) >= 11 is 0. The van der Waals surface area contributed by atoms with Crippen molar-refractivity contribution < 1.29 is 9.59 Å². The number of rotatable bonds is 4. The molecular weight excluding hydrogens is 354 g/mol. The van der Waals surface area contributed by atoms with Crippen molar-refractivity contribution in [1.29, 1.82) is 0 Å². The quantitative estimate of drug-likeness (QED) is 0.855. The number of nitrogens with zero attached hydrogens (tertiary/aromatic N) is 3. The number of nitrogens with one attached hydrogen (secondary N) is 2. The van der Waals surface area contributed by atoms with Crippen LogP contribution in [0.5, 0.6) is 0 Å². The van der Waals surface area contributed by atoms with Gasteiger partial charge in [-0.1, -0.05) is 18.2 Å². The molecule has 0 aromatic heterocycles. The molecule has 2 heterocycles. The summed E-state index contributed by atoms with van der Waals surface area (Å²) in [7, 11) is 2.12. The summed E-state index contributed by atoms with van der Waals surface area (Å²) in [6.07, 6.45) is 0. The summed E-state index contributed by atoms with van der Waals surface area (Å²) in [5, 5.41) is 5.83. The van der Waals surface area contributed by atoms with Crippen molar-refractivity contribution in [2.24, 2.45) is 0 Å². The molecule has 2 aliphatic heterocycles. The van der Waals surface area contributed by atoms with Gasteiger partial charge in [0.2, 0.25) is 0 Å². The number of hydrogen-bond donors (Lipinski definition) is 2. The number of likely N-dealkylation sites (N-methyl/N-ethyl adjacent to an activating group) is 1. The Kier molecular flexibility index (Phi) is 5.16. The molecule has 28 heavy (non-hydrogen) atoms. The minimum Gasteiger partial charge on any atom is -0.367 e. The van der Waals surface area contributed by atoms with E-state index >= 15 is 0 Å². The van der Waals surface area contributed by atoms with Gasteiger partial charge in [0, 0.05) is 50.5 Å². The molecule has 2 saturated heterocycles. The maximum absolute atomic E-state index is 12.9. The van der Waals surface area contributed by atoms with Gasteiger partial charge in [0.1, 0.15) is 0 Å². The number of anilines is 3. The molecule has 2 aromatic rings. The van der Waals surface area contributed by atoms with E-state index in [0.29, 0.717) is 18.7 Å². The zero-order valence-corrected chi connectivity index (χ0v) is 16.0. The van der Waals surface area contributed by atoms with E-state index in [2.05, 4.69) is 27.5 Å². The van der Waals surface area contributed by atoms with Gasteiger partial charge in [-0.05, 0) is 37.4 Å². The fourth-order valence-corrected chi connectivity index (χ4v) is 3.63. The SMILES string of the molecule is CN1CCN(c2ccccc2NC(=O)c2cccc(N3CCNC3=O)c2)CC1. The van der Waals surface area contributed by atoms with Crippen molar-refractivity contribution in [2.45, 2.75) is 0 Å². The third-order valence-electron chi connectivity index (χ3n) is 5.27. The fraction of sp³-hybridized carbons (Fsp3) is 0.333. The molecule has 0 spiro atoms. The number of urea groups is 1. The predicted octanol–water partition coefficient (Wildman–Crippen LogP) is 2.22. The average Bonchev–Trinajstić information content (AvgIpc) is 3.15. The van der Waals surface area contributed by atoms with Crippen LogP contribution in [-0.2, 0) is 0 Å². The van der Waals surface area contributed by atoms with Crippen molar-refractivity contribution in [3.63, 3.8) is 0 Å². The Labute approximate surface area is 164 Å². The van der Waals surface area contributed by atoms with Crippen LogP contribution in [0.15, 0.2) is 48.5 Å². The number of carbonyl (C=O) groups is 2. The zero-order valence-electron chi connectivity index (χ0n) is 16.0. The first kappa shape index (κ1) is 18.3. The molecule has 0 atom stereocenters. The second kappa shape index (κ2) is 7.90. The van der Waals surface area contributed by atoms with Crippen LogP contribution in [0, 0.1) is 0 Å². The molecule has 2 fully saturated rings. The van der Waals surface area contributed by atoms with E-state index in [-0.39, 0.29) is 11.9 Å². The Morgan fingerprint density at radius 3 is 2.54 bits per heavy atom. The summed E-state index contributed by atoms with van der Waals surface area (Å²) in [6.45, 7) is 5.10. The van der Waals surface area contributed by atoms with Gasteiger partial charge in [-0.25, -0.2) is 4.79 Å². The van der Waals surface area contributed by atoms with Crippen LogP contribution in [0.3, 0.4) is 0 Å². The van der Waals surface area contributed by atoms with Crippen LogP contribution >= 0.6 is 0 Å². The largest absolute Gasteiger partial charge is 0.367 e. The summed E-state index contributed by atoms with van der Waals surface area (Å²) in [6, 6.07) is 15.0. The van der Waals surface area contributed by atoms with Gasteiger partial charge in [-0.15, -0.1) is 0 Å². The molecule has 3 amide bonds. The number of piperazine rings is 1. The molecule has 0 saturated carbocycles. The Balaban J connectivity index is 1.52. The minimum absolute atomic E-state index is 0.127. The number of para-hydroxylation sites is 2. The third kappa shape index (κ3) is 3.80. The van der Waals surface area contributed by atoms with E-state index in [9.17, 15) is 9.59 Å². The topological polar surface area (TPSA) is 67.9 Å². The highest BCUT2D eigenvalue weighted by molar-refractivity contribution is 6.07. The summed E-state index contributed by atoms with van der Waals surface area (Å²) in [5.41, 5.74) is 3.11. The number of amides is 3. The number of benzene rings is 2. The van der Waals surface area contributed by atoms with Crippen molar-refractivity contribution >= 4 is 29.0 Å². The molecule has 2 N–H and O–H groups in total. The van der Waals surface area contributed by atoms with Crippen molar-refractivity contribution in [3.8, 4) is 0 Å². The minimum atomic E-state index is -0.178. The lowest BCUT2D eigenvalue weighted by Gasteiger charge is -2.35. The van der Waals surface area contributed by atoms with Gasteiger partial charge in [-0.3, -0.25) is 9.69 Å². The fourth-order valence-electron chi connectivity index (χ4n) is 3.63. The molecular formula is C21H25N5O2. The predicted molar refractivity (Wildman–Crippen MR) is 111 cm³/mol. The second-order valence-electron chi connectivity index (χ2n) is 7.20. The van der Waals surface area contributed by atoms with Gasteiger partial charge in [-0.2, -0.15) is 0 Å². The Morgan fingerprint density at radius 1 is 1.00 bits per heavy atom. The molecule has 7 heteroatoms. The molecule has 0 bridgehead atoms. The van der Waals surface area contributed by atoms with Crippen LogP contribution in [0.4, 0.5) is 21.9 Å². The highest BCUT2D eigenvalue weighted by atomic mass is 16.2. The molecule has 146 valence electrons. The van der Waals surface area contributed by atoms with E-state index in [4.69, 9.17) is 0 Å². The third-order valence-corrected chi connectivity index (χ3v) is 5.27. The van der Waals surface area contributed by atoms with Gasteiger partial charge < -0.3 is 20.4 Å². The monoisotopic (exact) mass is 379 g/mol. The van der Waals surface area contributed by atoms with Gasteiger partial charge in [0.25, 0.3) is 5.91 Å². The van der Waals surface area contributed by atoms with Crippen LogP contribution in [0.2, 0.25) is 0 Å². The van der Waals surface area contributed by atoms with Crippen LogP contribution in [-0.4, -0.2) is 63.2 Å². The number of carbonyl (C=O) groups excluding carboxylic acids is 2. The first-order chi connectivity index (χ1) is 13.6. The molecule has 0 radical (unpaired) electrons. The number of hydrogen-bond acceptors (Lipinski definition) is 4. The van der Waals surface area contributed by atoms with Crippen LogP contribution in [0.25, 0.3) is 0 Å². The summed E-state index contributed by atoms with van der Waals surface area (Å²) in [4.78, 5) is 31.0. The lowest BCUT2D eigenvalue weighted by Crippen LogP contribution is -2.44. The van der Waals surface area contributed by atoms with Gasteiger partial charge in [0.05, 0.1) is 11.4 Å². The lowest BCUT2D eigenvalue weighted by atomic mass is 10.1. The maximum Gasteiger partial charge on any atom is 0.321 e. The summed E-state index contributed by atoms with van der Waals surface area (Å²) in [5.74, 6) is -0.178. The average molecular weight is 379 g/mol. The first-order valence-corrected chi connectivity index (χ1v) is 9.61. The maximum atomic E-state index is 12.9. The van der Waals surface area contributed by atoms with E-state index in [1.165, 1.54) is 0 Å². The summed E-state index contributed by atoms with van der Waals surface area (Å²) < 4.78 is 0. The van der Waals surface area contributed by atoms with Gasteiger partial charge >= 0.3 is 6.03 Å². The van der Waals surface area contributed by atoms with E-state index in [1.54, 1.807) is 17.0 Å². The Bertz CT molecular complexity index is 877. The van der Waals surface area contributed by atoms with Crippen molar-refractivity contribution in [3.05, 3.63) is 54.1 Å². The second-order valence-corrected chi connectivity index (χ2v) is 7.20. The Morgan fingerprint density at radius 2 is 1.79 bits per heavy atom. The Hall–Kier alpha value is -3.06. The molecule has 2 aromatic carbocycles. The normalized spacial score (nSPS) is 17.5.